The Morgan fingerprint density at radius 2 is 2.26 bits per heavy atom. The van der Waals surface area contributed by atoms with Crippen molar-refractivity contribution in [3.8, 4) is 5.75 Å². The van der Waals surface area contributed by atoms with E-state index in [4.69, 9.17) is 4.74 Å². The number of nitrogens with one attached hydrogen (secondary N) is 1. The monoisotopic (exact) mass is 263 g/mol. The van der Waals surface area contributed by atoms with Crippen LogP contribution in [0.4, 0.5) is 5.69 Å². The summed E-state index contributed by atoms with van der Waals surface area (Å²) in [5.41, 5.74) is -0.101. The molecule has 0 aromatic heterocycles. The molecular weight excluding hydrogens is 242 g/mol. The molecule has 4 nitrogen and oxygen atoms in total. The predicted octanol–water partition coefficient (Wildman–Crippen LogP) is 3.14. The molecule has 104 valence electrons. The number of aliphatic carboxylic acids is 1. The standard InChI is InChI=1S/C15H21NO3/c1-3-11-7-6-10-15(11,14(17)18)16-12-8-4-5-9-13(12)19-2/h4-5,8-9,11,16H,3,6-7,10H2,1-2H3,(H,17,18). The maximum atomic E-state index is 11.8. The van der Waals surface area contributed by atoms with Gasteiger partial charge in [0.2, 0.25) is 0 Å². The Balaban J connectivity index is 2.34. The smallest absolute Gasteiger partial charge is 0.329 e. The van der Waals surface area contributed by atoms with Gasteiger partial charge in [-0.25, -0.2) is 4.79 Å². The fourth-order valence-electron chi connectivity index (χ4n) is 3.12. The average Bonchev–Trinajstić information content (AvgIpc) is 2.83. The van der Waals surface area contributed by atoms with E-state index in [1.54, 1.807) is 7.11 Å². The van der Waals surface area contributed by atoms with E-state index in [0.717, 1.165) is 24.9 Å². The third-order valence-corrected chi connectivity index (χ3v) is 4.16. The minimum absolute atomic E-state index is 0.162. The van der Waals surface area contributed by atoms with Gasteiger partial charge in [-0.05, 0) is 30.9 Å². The van der Waals surface area contributed by atoms with Crippen LogP contribution >= 0.6 is 0 Å². The lowest BCUT2D eigenvalue weighted by Gasteiger charge is -2.33. The van der Waals surface area contributed by atoms with Gasteiger partial charge in [-0.3, -0.25) is 0 Å². The Hall–Kier alpha value is -1.71. The lowest BCUT2D eigenvalue weighted by atomic mass is 9.84. The molecule has 1 aliphatic rings. The number of benzene rings is 1. The molecule has 0 spiro atoms. The Kier molecular flexibility index (Phi) is 3.98. The van der Waals surface area contributed by atoms with Gasteiger partial charge in [0.1, 0.15) is 11.3 Å². The number of carboxylic acid groups (broad SMARTS) is 1. The van der Waals surface area contributed by atoms with Crippen LogP contribution < -0.4 is 10.1 Å². The van der Waals surface area contributed by atoms with Crippen LogP contribution in [0, 0.1) is 5.92 Å². The molecule has 1 fully saturated rings. The van der Waals surface area contributed by atoms with Crippen LogP contribution in [0.3, 0.4) is 0 Å². The molecule has 0 amide bonds. The lowest BCUT2D eigenvalue weighted by Crippen LogP contribution is -2.49. The summed E-state index contributed by atoms with van der Waals surface area (Å²) < 4.78 is 5.29. The van der Waals surface area contributed by atoms with Crippen LogP contribution in [-0.4, -0.2) is 23.7 Å². The number of para-hydroxylation sites is 2. The lowest BCUT2D eigenvalue weighted by molar-refractivity contribution is -0.143. The number of carbonyl (C=O) groups is 1. The molecule has 1 aromatic carbocycles. The van der Waals surface area contributed by atoms with Crippen molar-refractivity contribution in [2.75, 3.05) is 12.4 Å². The first-order valence-electron chi connectivity index (χ1n) is 6.78. The van der Waals surface area contributed by atoms with Gasteiger partial charge in [0, 0.05) is 0 Å². The number of methoxy groups -OCH3 is 1. The van der Waals surface area contributed by atoms with Crippen LogP contribution in [0.25, 0.3) is 0 Å². The molecule has 19 heavy (non-hydrogen) atoms. The molecule has 2 unspecified atom stereocenters. The highest BCUT2D eigenvalue weighted by Crippen LogP contribution is 2.42. The summed E-state index contributed by atoms with van der Waals surface area (Å²) in [6.45, 7) is 2.05. The molecule has 0 radical (unpaired) electrons. The van der Waals surface area contributed by atoms with E-state index in [1.807, 2.05) is 24.3 Å². The van der Waals surface area contributed by atoms with Crippen LogP contribution in [-0.2, 0) is 4.79 Å². The van der Waals surface area contributed by atoms with Crippen molar-refractivity contribution in [1.82, 2.24) is 0 Å². The number of ether oxygens (including phenoxy) is 1. The molecule has 1 aliphatic carbocycles. The number of hydrogen-bond donors (Lipinski definition) is 2. The minimum atomic E-state index is -0.858. The van der Waals surface area contributed by atoms with E-state index in [2.05, 4.69) is 12.2 Å². The second kappa shape index (κ2) is 5.51. The largest absolute Gasteiger partial charge is 0.495 e. The SMILES string of the molecule is CCC1CCCC1(Nc1ccccc1OC)C(=O)O. The Morgan fingerprint density at radius 1 is 1.53 bits per heavy atom. The first-order valence-corrected chi connectivity index (χ1v) is 6.78. The van der Waals surface area contributed by atoms with Crippen molar-refractivity contribution in [3.63, 3.8) is 0 Å². The normalized spacial score (nSPS) is 26.1. The third kappa shape index (κ3) is 2.39. The van der Waals surface area contributed by atoms with Gasteiger partial charge in [-0.15, -0.1) is 0 Å². The highest BCUT2D eigenvalue weighted by molar-refractivity contribution is 5.84. The minimum Gasteiger partial charge on any atom is -0.495 e. The molecule has 1 aromatic rings. The summed E-state index contributed by atoms with van der Waals surface area (Å²) in [6.07, 6.45) is 3.45. The van der Waals surface area contributed by atoms with Crippen LogP contribution in [0.1, 0.15) is 32.6 Å². The topological polar surface area (TPSA) is 58.6 Å². The summed E-state index contributed by atoms with van der Waals surface area (Å²) >= 11 is 0. The van der Waals surface area contributed by atoms with Gasteiger partial charge < -0.3 is 15.2 Å². The highest BCUT2D eigenvalue weighted by atomic mass is 16.5. The third-order valence-electron chi connectivity index (χ3n) is 4.16. The first-order chi connectivity index (χ1) is 9.14. The average molecular weight is 263 g/mol. The second-order valence-electron chi connectivity index (χ2n) is 5.10. The molecule has 4 heteroatoms. The second-order valence-corrected chi connectivity index (χ2v) is 5.10. The molecule has 2 atom stereocenters. The van der Waals surface area contributed by atoms with E-state index in [9.17, 15) is 9.90 Å². The summed E-state index contributed by atoms with van der Waals surface area (Å²) in [7, 11) is 1.60. The first kappa shape index (κ1) is 13.7. The van der Waals surface area contributed by atoms with Crippen molar-refractivity contribution >= 4 is 11.7 Å². The zero-order valence-corrected chi connectivity index (χ0v) is 11.5. The Bertz CT molecular complexity index is 460. The van der Waals surface area contributed by atoms with Crippen molar-refractivity contribution < 1.29 is 14.6 Å². The number of hydrogen-bond acceptors (Lipinski definition) is 3. The summed E-state index contributed by atoms with van der Waals surface area (Å²) in [6, 6.07) is 7.47. The van der Waals surface area contributed by atoms with Crippen molar-refractivity contribution in [3.05, 3.63) is 24.3 Å². The van der Waals surface area contributed by atoms with Gasteiger partial charge in [0.05, 0.1) is 12.8 Å². The number of carboxylic acids is 1. The summed E-state index contributed by atoms with van der Waals surface area (Å²) in [5.74, 6) is 0.0857. The van der Waals surface area contributed by atoms with E-state index in [1.165, 1.54) is 0 Å². The number of rotatable bonds is 5. The van der Waals surface area contributed by atoms with E-state index in [0.29, 0.717) is 12.2 Å². The Labute approximate surface area is 113 Å². The fraction of sp³-hybridized carbons (Fsp3) is 0.533. The highest BCUT2D eigenvalue weighted by Gasteiger charge is 2.48. The molecular formula is C15H21NO3. The van der Waals surface area contributed by atoms with Crippen LogP contribution in [0.2, 0.25) is 0 Å². The van der Waals surface area contributed by atoms with Crippen LogP contribution in [0.5, 0.6) is 5.75 Å². The Morgan fingerprint density at radius 3 is 2.89 bits per heavy atom. The van der Waals surface area contributed by atoms with Crippen molar-refractivity contribution in [2.45, 2.75) is 38.1 Å². The van der Waals surface area contributed by atoms with E-state index >= 15 is 0 Å². The van der Waals surface area contributed by atoms with E-state index in [-0.39, 0.29) is 5.92 Å². The van der Waals surface area contributed by atoms with E-state index < -0.39 is 11.5 Å². The fourth-order valence-corrected chi connectivity index (χ4v) is 3.12. The van der Waals surface area contributed by atoms with Crippen molar-refractivity contribution in [1.29, 1.82) is 0 Å². The predicted molar refractivity (Wildman–Crippen MR) is 74.6 cm³/mol. The van der Waals surface area contributed by atoms with Crippen LogP contribution in [0.15, 0.2) is 24.3 Å². The van der Waals surface area contributed by atoms with Gasteiger partial charge >= 0.3 is 5.97 Å². The summed E-state index contributed by atoms with van der Waals surface area (Å²) in [5, 5.41) is 12.9. The van der Waals surface area contributed by atoms with Crippen molar-refractivity contribution in [2.24, 2.45) is 5.92 Å². The van der Waals surface area contributed by atoms with Gasteiger partial charge in [0.25, 0.3) is 0 Å². The summed E-state index contributed by atoms with van der Waals surface area (Å²) in [4.78, 5) is 11.8. The maximum absolute atomic E-state index is 11.8. The molecule has 2 N–H and O–H groups in total. The van der Waals surface area contributed by atoms with Gasteiger partial charge in [-0.1, -0.05) is 31.9 Å². The zero-order chi connectivity index (χ0) is 13.9. The maximum Gasteiger partial charge on any atom is 0.329 e. The quantitative estimate of drug-likeness (QED) is 0.856. The van der Waals surface area contributed by atoms with Gasteiger partial charge in [0.15, 0.2) is 0 Å². The molecule has 0 heterocycles. The molecule has 0 saturated heterocycles. The molecule has 2 rings (SSSR count). The van der Waals surface area contributed by atoms with Gasteiger partial charge in [-0.2, -0.15) is 0 Å². The number of anilines is 1. The molecule has 0 bridgehead atoms. The zero-order valence-electron chi connectivity index (χ0n) is 11.5. The molecule has 0 aliphatic heterocycles. The molecule has 1 saturated carbocycles.